The molecule has 0 bridgehead atoms. The summed E-state index contributed by atoms with van der Waals surface area (Å²) in [6.45, 7) is 1.84. The number of hydrogen-bond donors (Lipinski definition) is 1. The molecule has 0 aromatic heterocycles. The van der Waals surface area contributed by atoms with Crippen LogP contribution in [0.4, 0.5) is 11.4 Å². The van der Waals surface area contributed by atoms with Gasteiger partial charge in [-0.05, 0) is 30.2 Å². The smallest absolute Gasteiger partial charge is 0.270 e. The van der Waals surface area contributed by atoms with E-state index in [0.717, 1.165) is 23.8 Å². The highest BCUT2D eigenvalue weighted by atomic mass is 16.6. The lowest BCUT2D eigenvalue weighted by atomic mass is 10.2. The summed E-state index contributed by atoms with van der Waals surface area (Å²) in [4.78, 5) is 14.1. The lowest BCUT2D eigenvalue weighted by Crippen LogP contribution is -1.98. The molecule has 0 radical (unpaired) electrons. The van der Waals surface area contributed by atoms with E-state index in [1.807, 2.05) is 6.92 Å². The fraction of sp³-hybridized carbons (Fsp3) is 0.0714. The van der Waals surface area contributed by atoms with Crippen molar-refractivity contribution in [3.63, 3.8) is 0 Å². The number of aryl methyl sites for hydroxylation is 1. The quantitative estimate of drug-likeness (QED) is 0.526. The molecular formula is C14H11N2O4-. The van der Waals surface area contributed by atoms with Gasteiger partial charge in [0.15, 0.2) is 0 Å². The van der Waals surface area contributed by atoms with Gasteiger partial charge in [-0.3, -0.25) is 15.1 Å². The van der Waals surface area contributed by atoms with Gasteiger partial charge in [-0.25, -0.2) is 0 Å². The number of phenolic OH excluding ortho intramolecular Hbond substituents is 1. The predicted molar refractivity (Wildman–Crippen MR) is 72.6 cm³/mol. The lowest BCUT2D eigenvalue weighted by molar-refractivity contribution is -0.385. The summed E-state index contributed by atoms with van der Waals surface area (Å²) >= 11 is 0. The zero-order chi connectivity index (χ0) is 14.7. The second kappa shape index (κ2) is 5.40. The monoisotopic (exact) mass is 271 g/mol. The van der Waals surface area contributed by atoms with E-state index in [2.05, 4.69) is 4.99 Å². The number of phenols is 1. The van der Waals surface area contributed by atoms with Crippen molar-refractivity contribution in [2.45, 2.75) is 6.92 Å². The van der Waals surface area contributed by atoms with Gasteiger partial charge in [-0.2, -0.15) is 0 Å². The number of aromatic hydroxyl groups is 1. The number of nitro benzene ring substituents is 1. The SMILES string of the molecule is Cc1ccc(O)c(N=Cc2cc([N+](=O)[O-])ccc2[O-])c1. The van der Waals surface area contributed by atoms with Gasteiger partial charge < -0.3 is 10.2 Å². The van der Waals surface area contributed by atoms with E-state index >= 15 is 0 Å². The molecule has 0 amide bonds. The zero-order valence-electron chi connectivity index (χ0n) is 10.6. The fourth-order valence-corrected chi connectivity index (χ4v) is 1.63. The molecule has 2 aromatic rings. The van der Waals surface area contributed by atoms with Crippen LogP contribution >= 0.6 is 0 Å². The minimum atomic E-state index is -0.582. The number of non-ortho nitro benzene ring substituents is 1. The third kappa shape index (κ3) is 2.92. The average Bonchev–Trinajstić information content (AvgIpc) is 2.41. The second-order valence-electron chi connectivity index (χ2n) is 4.23. The van der Waals surface area contributed by atoms with Gasteiger partial charge in [0.1, 0.15) is 11.4 Å². The van der Waals surface area contributed by atoms with Crippen molar-refractivity contribution in [3.05, 3.63) is 57.6 Å². The standard InChI is InChI=1S/C14H12N2O4/c1-9-2-4-14(18)12(6-9)15-8-10-7-11(16(19)20)3-5-13(10)17/h2-8,17-18H,1H3/p-1. The molecule has 0 spiro atoms. The highest BCUT2D eigenvalue weighted by molar-refractivity contribution is 5.86. The number of benzene rings is 2. The van der Waals surface area contributed by atoms with Crippen molar-refractivity contribution >= 4 is 17.6 Å². The van der Waals surface area contributed by atoms with E-state index in [4.69, 9.17) is 0 Å². The largest absolute Gasteiger partial charge is 0.872 e. The Hall–Kier alpha value is -2.89. The molecule has 0 unspecified atom stereocenters. The summed E-state index contributed by atoms with van der Waals surface area (Å²) in [6, 6.07) is 8.28. The van der Waals surface area contributed by atoms with Crippen LogP contribution in [0, 0.1) is 17.0 Å². The van der Waals surface area contributed by atoms with Crippen molar-refractivity contribution in [1.82, 2.24) is 0 Å². The number of nitrogens with zero attached hydrogens (tertiary/aromatic N) is 2. The second-order valence-corrected chi connectivity index (χ2v) is 4.23. The van der Waals surface area contributed by atoms with E-state index < -0.39 is 4.92 Å². The maximum atomic E-state index is 11.6. The summed E-state index contributed by atoms with van der Waals surface area (Å²) in [5.74, 6) is -0.392. The molecule has 0 saturated heterocycles. The summed E-state index contributed by atoms with van der Waals surface area (Å²) < 4.78 is 0. The van der Waals surface area contributed by atoms with E-state index in [9.17, 15) is 20.3 Å². The molecule has 0 aliphatic rings. The van der Waals surface area contributed by atoms with Crippen LogP contribution in [0.2, 0.25) is 0 Å². The Morgan fingerprint density at radius 1 is 1.25 bits per heavy atom. The fourth-order valence-electron chi connectivity index (χ4n) is 1.63. The molecular weight excluding hydrogens is 260 g/mol. The number of rotatable bonds is 3. The molecule has 2 rings (SSSR count). The molecule has 0 saturated carbocycles. The van der Waals surface area contributed by atoms with E-state index in [0.29, 0.717) is 5.69 Å². The molecule has 102 valence electrons. The summed E-state index contributed by atoms with van der Waals surface area (Å²) in [5.41, 5.74) is 1.12. The summed E-state index contributed by atoms with van der Waals surface area (Å²) in [6.07, 6.45) is 1.21. The Balaban J connectivity index is 2.38. The highest BCUT2D eigenvalue weighted by Crippen LogP contribution is 2.27. The maximum absolute atomic E-state index is 11.6. The Morgan fingerprint density at radius 2 is 2.00 bits per heavy atom. The molecule has 2 aromatic carbocycles. The minimum absolute atomic E-state index is 0.0234. The van der Waals surface area contributed by atoms with Crippen LogP contribution in [0.15, 0.2) is 41.4 Å². The first-order valence-electron chi connectivity index (χ1n) is 5.76. The Bertz CT molecular complexity index is 696. The van der Waals surface area contributed by atoms with Crippen LogP contribution in [0.1, 0.15) is 11.1 Å². The van der Waals surface area contributed by atoms with Crippen molar-refractivity contribution in [2.75, 3.05) is 0 Å². The molecule has 0 atom stereocenters. The first-order valence-corrected chi connectivity index (χ1v) is 5.76. The number of nitro groups is 1. The van der Waals surface area contributed by atoms with E-state index in [1.54, 1.807) is 12.1 Å². The first-order chi connectivity index (χ1) is 9.47. The van der Waals surface area contributed by atoms with Crippen molar-refractivity contribution in [3.8, 4) is 11.5 Å². The van der Waals surface area contributed by atoms with Crippen LogP contribution in [-0.4, -0.2) is 16.2 Å². The lowest BCUT2D eigenvalue weighted by Gasteiger charge is -2.08. The first kappa shape index (κ1) is 13.5. The van der Waals surface area contributed by atoms with Gasteiger partial charge in [-0.1, -0.05) is 17.9 Å². The normalized spacial score (nSPS) is 10.8. The summed E-state index contributed by atoms with van der Waals surface area (Å²) in [7, 11) is 0. The number of hydrogen-bond acceptors (Lipinski definition) is 5. The molecule has 0 aliphatic heterocycles. The predicted octanol–water partition coefficient (Wildman–Crippen LogP) is 2.43. The molecule has 0 fully saturated rings. The minimum Gasteiger partial charge on any atom is -0.872 e. The molecule has 0 aliphatic carbocycles. The van der Waals surface area contributed by atoms with Crippen molar-refractivity contribution in [2.24, 2.45) is 4.99 Å². The zero-order valence-corrected chi connectivity index (χ0v) is 10.6. The van der Waals surface area contributed by atoms with Crippen LogP contribution in [0.5, 0.6) is 11.5 Å². The van der Waals surface area contributed by atoms with E-state index in [-0.39, 0.29) is 22.7 Å². The van der Waals surface area contributed by atoms with Gasteiger partial charge in [-0.15, -0.1) is 0 Å². The van der Waals surface area contributed by atoms with Crippen LogP contribution < -0.4 is 5.11 Å². The Kier molecular flexibility index (Phi) is 3.65. The third-order valence-corrected chi connectivity index (χ3v) is 2.68. The molecule has 0 heterocycles. The van der Waals surface area contributed by atoms with Crippen LogP contribution in [0.3, 0.4) is 0 Å². The molecule has 6 nitrogen and oxygen atoms in total. The average molecular weight is 271 g/mol. The molecule has 1 N–H and O–H groups in total. The maximum Gasteiger partial charge on any atom is 0.270 e. The van der Waals surface area contributed by atoms with Crippen molar-refractivity contribution in [1.29, 1.82) is 0 Å². The van der Waals surface area contributed by atoms with Gasteiger partial charge >= 0.3 is 0 Å². The van der Waals surface area contributed by atoms with Crippen LogP contribution in [0.25, 0.3) is 0 Å². The Labute approximate surface area is 114 Å². The molecule has 6 heteroatoms. The van der Waals surface area contributed by atoms with Crippen molar-refractivity contribution < 1.29 is 15.1 Å². The Morgan fingerprint density at radius 3 is 2.70 bits per heavy atom. The van der Waals surface area contributed by atoms with Crippen LogP contribution in [-0.2, 0) is 0 Å². The highest BCUT2D eigenvalue weighted by Gasteiger charge is 2.05. The summed E-state index contributed by atoms with van der Waals surface area (Å²) in [5, 5.41) is 31.9. The van der Waals surface area contributed by atoms with Gasteiger partial charge in [0, 0.05) is 18.3 Å². The van der Waals surface area contributed by atoms with Gasteiger partial charge in [0.2, 0.25) is 0 Å². The van der Waals surface area contributed by atoms with E-state index in [1.165, 1.54) is 12.3 Å². The molecule has 20 heavy (non-hydrogen) atoms. The number of aliphatic imine (C=N–C) groups is 1. The van der Waals surface area contributed by atoms with Gasteiger partial charge in [0.25, 0.3) is 5.69 Å². The topological polar surface area (TPSA) is 98.8 Å². The van der Waals surface area contributed by atoms with Gasteiger partial charge in [0.05, 0.1) is 4.92 Å². The third-order valence-electron chi connectivity index (χ3n) is 2.68.